The van der Waals surface area contributed by atoms with E-state index in [1.165, 1.54) is 0 Å². The van der Waals surface area contributed by atoms with Gasteiger partial charge in [-0.05, 0) is 38.1 Å². The van der Waals surface area contributed by atoms with Crippen LogP contribution in [0.2, 0.25) is 0 Å². The second-order valence-electron chi connectivity index (χ2n) is 5.71. The first kappa shape index (κ1) is 17.3. The summed E-state index contributed by atoms with van der Waals surface area (Å²) in [5.74, 6) is -2.31. The summed E-state index contributed by atoms with van der Waals surface area (Å²) < 4.78 is 6.47. The molecule has 7 heteroatoms. The molecule has 0 atom stereocenters. The van der Waals surface area contributed by atoms with Crippen LogP contribution in [0.15, 0.2) is 48.7 Å². The highest BCUT2D eigenvalue weighted by Gasteiger charge is 2.27. The molecule has 7 nitrogen and oxygen atoms in total. The number of carbonyl (C=O) groups excluding carboxylic acids is 3. The highest BCUT2D eigenvalue weighted by Crippen LogP contribution is 2.18. The van der Waals surface area contributed by atoms with Gasteiger partial charge in [0.25, 0.3) is 5.78 Å². The maximum Gasteiger partial charge on any atom is 0.380 e. The molecular weight excluding hydrogens is 334 g/mol. The topological polar surface area (TPSA) is 94.0 Å². The maximum absolute atomic E-state index is 12.5. The lowest BCUT2D eigenvalue weighted by atomic mass is 10.1. The standard InChI is InChI=1S/C19H17N3O4/c1-12-17(13(2)22(21-12)14-7-4-3-5-8-14)18(24)19(25)26-11-16(23)15-9-6-10-20-15/h3-10,20H,11H2,1-2H3. The molecule has 2 heterocycles. The summed E-state index contributed by atoms with van der Waals surface area (Å²) >= 11 is 0. The van der Waals surface area contributed by atoms with Gasteiger partial charge in [0.1, 0.15) is 0 Å². The lowest BCUT2D eigenvalue weighted by Gasteiger charge is -2.05. The van der Waals surface area contributed by atoms with E-state index in [2.05, 4.69) is 10.1 Å². The molecule has 2 aromatic heterocycles. The minimum Gasteiger partial charge on any atom is -0.451 e. The molecule has 0 amide bonds. The van der Waals surface area contributed by atoms with E-state index in [0.29, 0.717) is 17.1 Å². The Bertz CT molecular complexity index is 956. The molecule has 0 unspecified atom stereocenters. The average molecular weight is 351 g/mol. The molecule has 26 heavy (non-hydrogen) atoms. The number of aromatic nitrogens is 3. The number of nitrogens with one attached hydrogen (secondary N) is 1. The van der Waals surface area contributed by atoms with E-state index in [9.17, 15) is 14.4 Å². The summed E-state index contributed by atoms with van der Waals surface area (Å²) in [6.07, 6.45) is 1.59. The third-order valence-corrected chi connectivity index (χ3v) is 3.94. The first-order chi connectivity index (χ1) is 12.5. The van der Waals surface area contributed by atoms with Crippen molar-refractivity contribution in [1.82, 2.24) is 14.8 Å². The zero-order chi connectivity index (χ0) is 18.7. The number of hydrogen-bond acceptors (Lipinski definition) is 5. The molecule has 0 saturated heterocycles. The monoisotopic (exact) mass is 351 g/mol. The van der Waals surface area contributed by atoms with Crippen molar-refractivity contribution < 1.29 is 19.1 Å². The lowest BCUT2D eigenvalue weighted by molar-refractivity contribution is -0.137. The summed E-state index contributed by atoms with van der Waals surface area (Å²) in [5, 5.41) is 4.34. The van der Waals surface area contributed by atoms with Gasteiger partial charge in [0, 0.05) is 6.20 Å². The highest BCUT2D eigenvalue weighted by atomic mass is 16.5. The summed E-state index contributed by atoms with van der Waals surface area (Å²) in [5.41, 5.74) is 2.23. The summed E-state index contributed by atoms with van der Waals surface area (Å²) in [6, 6.07) is 12.5. The van der Waals surface area contributed by atoms with Crippen LogP contribution in [-0.4, -0.2) is 38.9 Å². The van der Waals surface area contributed by atoms with Crippen molar-refractivity contribution in [2.75, 3.05) is 6.61 Å². The SMILES string of the molecule is Cc1nn(-c2ccccc2)c(C)c1C(=O)C(=O)OCC(=O)c1ccc[nH]1. The van der Waals surface area contributed by atoms with Crippen LogP contribution < -0.4 is 0 Å². The number of para-hydroxylation sites is 1. The van der Waals surface area contributed by atoms with Crippen molar-refractivity contribution in [2.24, 2.45) is 0 Å². The average Bonchev–Trinajstić information content (AvgIpc) is 3.28. The number of ketones is 2. The molecule has 0 aliphatic rings. The minimum atomic E-state index is -1.08. The number of nitrogens with zero attached hydrogens (tertiary/aromatic N) is 2. The zero-order valence-corrected chi connectivity index (χ0v) is 14.4. The van der Waals surface area contributed by atoms with Gasteiger partial charge in [-0.25, -0.2) is 9.48 Å². The molecule has 0 bridgehead atoms. The zero-order valence-electron chi connectivity index (χ0n) is 14.4. The van der Waals surface area contributed by atoms with Crippen LogP contribution in [0.25, 0.3) is 5.69 Å². The molecule has 0 spiro atoms. The highest BCUT2D eigenvalue weighted by molar-refractivity contribution is 6.41. The second-order valence-corrected chi connectivity index (χ2v) is 5.71. The third-order valence-electron chi connectivity index (χ3n) is 3.94. The van der Waals surface area contributed by atoms with Crippen LogP contribution in [0.5, 0.6) is 0 Å². The predicted octanol–water partition coefficient (Wildman–Crippen LogP) is 2.43. The fraction of sp³-hybridized carbons (Fsp3) is 0.158. The van der Waals surface area contributed by atoms with Gasteiger partial charge in [-0.15, -0.1) is 0 Å². The number of ether oxygens (including phenoxy) is 1. The molecular formula is C19H17N3O4. The molecule has 0 fully saturated rings. The van der Waals surface area contributed by atoms with E-state index in [-0.39, 0.29) is 5.56 Å². The fourth-order valence-corrected chi connectivity index (χ4v) is 2.67. The summed E-state index contributed by atoms with van der Waals surface area (Å²) in [4.78, 5) is 39.2. The molecule has 0 saturated carbocycles. The van der Waals surface area contributed by atoms with Crippen LogP contribution in [0.4, 0.5) is 0 Å². The molecule has 0 aliphatic heterocycles. The van der Waals surface area contributed by atoms with E-state index in [0.717, 1.165) is 5.69 Å². The Hall–Kier alpha value is -3.48. The Morgan fingerprint density at radius 1 is 1.08 bits per heavy atom. The van der Waals surface area contributed by atoms with E-state index in [1.807, 2.05) is 30.3 Å². The van der Waals surface area contributed by atoms with Crippen molar-refractivity contribution in [1.29, 1.82) is 0 Å². The number of benzene rings is 1. The van der Waals surface area contributed by atoms with Crippen molar-refractivity contribution in [3.63, 3.8) is 0 Å². The quantitative estimate of drug-likeness (QED) is 0.418. The number of Topliss-reactive ketones (excluding diaryl/α,β-unsaturated/α-hetero) is 2. The van der Waals surface area contributed by atoms with Gasteiger partial charge in [0.05, 0.1) is 28.3 Å². The largest absolute Gasteiger partial charge is 0.451 e. The molecule has 3 aromatic rings. The fourth-order valence-electron chi connectivity index (χ4n) is 2.67. The molecule has 1 aromatic carbocycles. The smallest absolute Gasteiger partial charge is 0.380 e. The first-order valence-corrected chi connectivity index (χ1v) is 7.98. The third kappa shape index (κ3) is 3.32. The van der Waals surface area contributed by atoms with Crippen molar-refractivity contribution in [3.8, 4) is 5.69 Å². The van der Waals surface area contributed by atoms with Gasteiger partial charge in [-0.3, -0.25) is 9.59 Å². The number of hydrogen-bond donors (Lipinski definition) is 1. The Labute approximate surface area is 149 Å². The molecule has 1 N–H and O–H groups in total. The molecule has 0 aliphatic carbocycles. The van der Waals surface area contributed by atoms with Crippen molar-refractivity contribution >= 4 is 17.5 Å². The van der Waals surface area contributed by atoms with Crippen molar-refractivity contribution in [3.05, 3.63) is 71.3 Å². The molecule has 3 rings (SSSR count). The number of H-pyrrole nitrogens is 1. The van der Waals surface area contributed by atoms with Gasteiger partial charge in [-0.1, -0.05) is 18.2 Å². The Balaban J connectivity index is 1.76. The van der Waals surface area contributed by atoms with Crippen LogP contribution in [-0.2, 0) is 9.53 Å². The van der Waals surface area contributed by atoms with Crippen LogP contribution in [0.1, 0.15) is 32.2 Å². The van der Waals surface area contributed by atoms with Gasteiger partial charge >= 0.3 is 5.97 Å². The number of aromatic amines is 1. The van der Waals surface area contributed by atoms with E-state index in [1.54, 1.807) is 36.9 Å². The van der Waals surface area contributed by atoms with Crippen LogP contribution >= 0.6 is 0 Å². The molecule has 0 radical (unpaired) electrons. The number of rotatable bonds is 6. The molecule has 132 valence electrons. The summed E-state index contributed by atoms with van der Waals surface area (Å²) in [6.45, 7) is 2.85. The number of aryl methyl sites for hydroxylation is 1. The number of carbonyl (C=O) groups is 3. The number of esters is 1. The minimum absolute atomic E-state index is 0.186. The van der Waals surface area contributed by atoms with Crippen LogP contribution in [0.3, 0.4) is 0 Å². The Morgan fingerprint density at radius 2 is 1.81 bits per heavy atom. The van der Waals surface area contributed by atoms with Gasteiger partial charge in [0.15, 0.2) is 6.61 Å². The van der Waals surface area contributed by atoms with E-state index >= 15 is 0 Å². The van der Waals surface area contributed by atoms with Crippen molar-refractivity contribution in [2.45, 2.75) is 13.8 Å². The summed E-state index contributed by atoms with van der Waals surface area (Å²) in [7, 11) is 0. The van der Waals surface area contributed by atoms with E-state index in [4.69, 9.17) is 4.74 Å². The lowest BCUT2D eigenvalue weighted by Crippen LogP contribution is -2.22. The predicted molar refractivity (Wildman–Crippen MR) is 93.5 cm³/mol. The van der Waals surface area contributed by atoms with Gasteiger partial charge in [0.2, 0.25) is 5.78 Å². The maximum atomic E-state index is 12.5. The normalized spacial score (nSPS) is 10.5. The second kappa shape index (κ2) is 7.18. The van der Waals surface area contributed by atoms with Crippen LogP contribution in [0, 0.1) is 13.8 Å². The van der Waals surface area contributed by atoms with Gasteiger partial charge in [-0.2, -0.15) is 5.10 Å². The Kier molecular flexibility index (Phi) is 4.79. The first-order valence-electron chi connectivity index (χ1n) is 7.98. The van der Waals surface area contributed by atoms with E-state index < -0.39 is 24.1 Å². The Morgan fingerprint density at radius 3 is 2.46 bits per heavy atom. The van der Waals surface area contributed by atoms with Gasteiger partial charge < -0.3 is 9.72 Å².